The van der Waals surface area contributed by atoms with Crippen molar-refractivity contribution in [2.45, 2.75) is 41.5 Å². The van der Waals surface area contributed by atoms with Crippen LogP contribution >= 0.6 is 34.4 Å². The Morgan fingerprint density at radius 1 is 0.655 bits per heavy atom. The highest BCUT2D eigenvalue weighted by atomic mass is 32.1. The molecule has 0 unspecified atom stereocenters. The third kappa shape index (κ3) is 3.31. The van der Waals surface area contributed by atoms with Gasteiger partial charge >= 0.3 is 0 Å². The molecule has 0 aliphatic carbocycles. The second-order valence-electron chi connectivity index (χ2n) is 7.21. The largest absolute Gasteiger partial charge is 0.172 e. The Morgan fingerprint density at radius 2 is 1.07 bits per heavy atom. The van der Waals surface area contributed by atoms with Crippen molar-refractivity contribution in [2.75, 3.05) is 0 Å². The van der Waals surface area contributed by atoms with E-state index in [0.717, 1.165) is 11.0 Å². The lowest BCUT2D eigenvalue weighted by atomic mass is 10.0. The molecule has 0 saturated carbocycles. The zero-order chi connectivity index (χ0) is 20.7. The predicted molar refractivity (Wildman–Crippen MR) is 132 cm³/mol. The SMILES string of the molecule is CC=Cc1sc(-c2ccc(-c3sc(C=CC)c(C)c3C)c3nsnc23)c(C)c1C. The van der Waals surface area contributed by atoms with Crippen LogP contribution in [0.5, 0.6) is 0 Å². The highest BCUT2D eigenvalue weighted by molar-refractivity contribution is 7.17. The van der Waals surface area contributed by atoms with Crippen LogP contribution in [0.15, 0.2) is 24.3 Å². The molecule has 3 heterocycles. The van der Waals surface area contributed by atoms with Crippen molar-refractivity contribution in [1.29, 1.82) is 0 Å². The summed E-state index contributed by atoms with van der Waals surface area (Å²) in [4.78, 5) is 5.24. The molecule has 2 nitrogen and oxygen atoms in total. The van der Waals surface area contributed by atoms with Gasteiger partial charge in [-0.15, -0.1) is 22.7 Å². The summed E-state index contributed by atoms with van der Waals surface area (Å²) in [5.74, 6) is 0. The summed E-state index contributed by atoms with van der Waals surface area (Å²) >= 11 is 4.99. The fourth-order valence-corrected chi connectivity index (χ4v) is 6.80. The smallest absolute Gasteiger partial charge is 0.114 e. The van der Waals surface area contributed by atoms with Crippen LogP contribution in [0, 0.1) is 27.7 Å². The first-order chi connectivity index (χ1) is 14.0. The second kappa shape index (κ2) is 7.98. The molecule has 0 saturated heterocycles. The number of hydrogen-bond donors (Lipinski definition) is 0. The lowest BCUT2D eigenvalue weighted by molar-refractivity contribution is 1.39. The molecule has 4 aromatic rings. The van der Waals surface area contributed by atoms with E-state index in [1.807, 2.05) is 22.7 Å². The maximum Gasteiger partial charge on any atom is 0.114 e. The summed E-state index contributed by atoms with van der Waals surface area (Å²) < 4.78 is 9.42. The normalized spacial score (nSPS) is 12.2. The average Bonchev–Trinajstić information content (AvgIpc) is 3.38. The second-order valence-corrected chi connectivity index (χ2v) is 9.85. The third-order valence-electron chi connectivity index (χ3n) is 5.51. The van der Waals surface area contributed by atoms with Crippen molar-refractivity contribution < 1.29 is 0 Å². The molecular formula is C24H24N2S3. The fourth-order valence-electron chi connectivity index (χ4n) is 3.60. The molecule has 0 spiro atoms. The molecule has 4 rings (SSSR count). The molecule has 0 aliphatic rings. The van der Waals surface area contributed by atoms with Gasteiger partial charge in [0, 0.05) is 30.6 Å². The maximum atomic E-state index is 4.71. The van der Waals surface area contributed by atoms with Gasteiger partial charge in [0.2, 0.25) is 0 Å². The molecule has 0 aliphatic heterocycles. The number of fused-ring (bicyclic) bond motifs is 1. The minimum Gasteiger partial charge on any atom is -0.172 e. The summed E-state index contributed by atoms with van der Waals surface area (Å²) in [6.45, 7) is 13.0. The quantitative estimate of drug-likeness (QED) is 0.321. The Morgan fingerprint density at radius 3 is 1.45 bits per heavy atom. The first-order valence-corrected chi connectivity index (χ1v) is 12.1. The Hall–Kier alpha value is -2.08. The van der Waals surface area contributed by atoms with Crippen LogP contribution in [0.1, 0.15) is 45.9 Å². The minimum absolute atomic E-state index is 1.02. The van der Waals surface area contributed by atoms with Gasteiger partial charge in [-0.1, -0.05) is 24.3 Å². The molecule has 148 valence electrons. The fraction of sp³-hybridized carbons (Fsp3) is 0.250. The van der Waals surface area contributed by atoms with Crippen LogP contribution in [-0.4, -0.2) is 8.75 Å². The van der Waals surface area contributed by atoms with E-state index < -0.39 is 0 Å². The summed E-state index contributed by atoms with van der Waals surface area (Å²) in [7, 11) is 0. The van der Waals surface area contributed by atoms with E-state index in [9.17, 15) is 0 Å². The van der Waals surface area contributed by atoms with Gasteiger partial charge in [-0.05, 0) is 75.9 Å². The first-order valence-electron chi connectivity index (χ1n) is 9.69. The maximum absolute atomic E-state index is 4.71. The van der Waals surface area contributed by atoms with Gasteiger partial charge in [0.05, 0.1) is 11.7 Å². The number of aromatic nitrogens is 2. The Kier molecular flexibility index (Phi) is 5.56. The standard InChI is InChI=1S/C24H24N2S3/c1-7-9-19-13(3)15(5)23(27-19)17-11-12-18(22-21(17)25-29-26-22)24-16(6)14(4)20(28-24)10-8-2/h7-12H,1-6H3. The number of rotatable bonds is 4. The van der Waals surface area contributed by atoms with Crippen molar-refractivity contribution in [2.24, 2.45) is 0 Å². The van der Waals surface area contributed by atoms with Gasteiger partial charge in [0.15, 0.2) is 0 Å². The van der Waals surface area contributed by atoms with Crippen LogP contribution in [0.25, 0.3) is 44.1 Å². The molecule has 0 bridgehead atoms. The number of hydrogen-bond acceptors (Lipinski definition) is 5. The van der Waals surface area contributed by atoms with Crippen molar-refractivity contribution >= 4 is 57.6 Å². The van der Waals surface area contributed by atoms with Gasteiger partial charge < -0.3 is 0 Å². The number of thiophene rings is 2. The number of benzene rings is 1. The molecule has 0 atom stereocenters. The summed E-state index contributed by atoms with van der Waals surface area (Å²) in [6.07, 6.45) is 8.61. The van der Waals surface area contributed by atoms with Crippen molar-refractivity contribution in [1.82, 2.24) is 8.75 Å². The first kappa shape index (κ1) is 20.2. The summed E-state index contributed by atoms with van der Waals surface area (Å²) in [5, 5.41) is 0. The molecule has 29 heavy (non-hydrogen) atoms. The monoisotopic (exact) mass is 436 g/mol. The van der Waals surface area contributed by atoms with E-state index in [0.29, 0.717) is 0 Å². The Bertz CT molecular complexity index is 1170. The van der Waals surface area contributed by atoms with Gasteiger partial charge in [0.25, 0.3) is 0 Å². The minimum atomic E-state index is 1.02. The van der Waals surface area contributed by atoms with Crippen LogP contribution in [0.3, 0.4) is 0 Å². The molecule has 0 radical (unpaired) electrons. The zero-order valence-electron chi connectivity index (χ0n) is 17.6. The molecule has 0 fully saturated rings. The van der Waals surface area contributed by atoms with E-state index in [-0.39, 0.29) is 0 Å². The highest BCUT2D eigenvalue weighted by Crippen LogP contribution is 2.44. The van der Waals surface area contributed by atoms with Crippen LogP contribution in [-0.2, 0) is 0 Å². The molecule has 0 amide bonds. The van der Waals surface area contributed by atoms with Crippen molar-refractivity contribution in [3.63, 3.8) is 0 Å². The van der Waals surface area contributed by atoms with E-state index in [1.54, 1.807) is 0 Å². The molecule has 1 aromatic carbocycles. The van der Waals surface area contributed by atoms with Gasteiger partial charge in [-0.2, -0.15) is 8.75 Å². The predicted octanol–water partition coefficient (Wildman–Crippen LogP) is 8.45. The Labute approximate surface area is 184 Å². The summed E-state index contributed by atoms with van der Waals surface area (Å²) in [6, 6.07) is 4.47. The number of allylic oxidation sites excluding steroid dienone is 2. The van der Waals surface area contributed by atoms with E-state index >= 15 is 0 Å². The van der Waals surface area contributed by atoms with Gasteiger partial charge in [-0.25, -0.2) is 0 Å². The number of nitrogens with zero attached hydrogens (tertiary/aromatic N) is 2. The molecule has 5 heteroatoms. The van der Waals surface area contributed by atoms with Crippen molar-refractivity contribution in [3.05, 3.63) is 56.3 Å². The van der Waals surface area contributed by atoms with Gasteiger partial charge in [-0.3, -0.25) is 0 Å². The molecular weight excluding hydrogens is 412 g/mol. The molecule has 3 aromatic heterocycles. The van der Waals surface area contributed by atoms with E-state index in [4.69, 9.17) is 8.75 Å². The van der Waals surface area contributed by atoms with E-state index in [1.165, 1.54) is 64.6 Å². The summed E-state index contributed by atoms with van der Waals surface area (Å²) in [5.41, 5.74) is 9.79. The molecule has 0 N–H and O–H groups in total. The van der Waals surface area contributed by atoms with E-state index in [2.05, 4.69) is 78.0 Å². The lowest BCUT2D eigenvalue weighted by Crippen LogP contribution is -1.86. The third-order valence-corrected chi connectivity index (χ3v) is 8.82. The average molecular weight is 437 g/mol. The topological polar surface area (TPSA) is 25.8 Å². The van der Waals surface area contributed by atoms with Crippen molar-refractivity contribution in [3.8, 4) is 20.9 Å². The Balaban J connectivity index is 1.93. The zero-order valence-corrected chi connectivity index (χ0v) is 20.0. The van der Waals surface area contributed by atoms with Crippen LogP contribution in [0.4, 0.5) is 0 Å². The van der Waals surface area contributed by atoms with Crippen LogP contribution < -0.4 is 0 Å². The lowest BCUT2D eigenvalue weighted by Gasteiger charge is -2.06. The highest BCUT2D eigenvalue weighted by Gasteiger charge is 2.20. The van der Waals surface area contributed by atoms with Gasteiger partial charge in [0.1, 0.15) is 11.0 Å². The van der Waals surface area contributed by atoms with Crippen LogP contribution in [0.2, 0.25) is 0 Å².